The Hall–Kier alpha value is -1.81. The van der Waals surface area contributed by atoms with Gasteiger partial charge >= 0.3 is 0 Å². The lowest BCUT2D eigenvalue weighted by molar-refractivity contribution is 0.403. The number of methoxy groups -OCH3 is 1. The van der Waals surface area contributed by atoms with Crippen molar-refractivity contribution in [3.8, 4) is 17.0 Å². The molecular weight excluding hydrogens is 250 g/mol. The maximum absolute atomic E-state index is 6.14. The van der Waals surface area contributed by atoms with Gasteiger partial charge in [-0.3, -0.25) is 0 Å². The van der Waals surface area contributed by atoms with Gasteiger partial charge in [0.25, 0.3) is 0 Å². The number of hydrogen-bond donors (Lipinski definition) is 1. The molecule has 3 rings (SSSR count). The number of hydrogen-bond acceptors (Lipinski definition) is 3. The lowest BCUT2D eigenvalue weighted by Gasteiger charge is -2.26. The number of nitrogens with two attached hydrogens (primary N) is 1. The number of nitrogens with zero attached hydrogens (tertiary/aromatic N) is 2. The van der Waals surface area contributed by atoms with Crippen LogP contribution in [0.15, 0.2) is 24.3 Å². The highest BCUT2D eigenvalue weighted by Gasteiger charge is 2.27. The summed E-state index contributed by atoms with van der Waals surface area (Å²) in [6.07, 6.45) is 1.00. The van der Waals surface area contributed by atoms with Crippen LogP contribution in [0, 0.1) is 6.92 Å². The van der Waals surface area contributed by atoms with E-state index in [2.05, 4.69) is 24.5 Å². The summed E-state index contributed by atoms with van der Waals surface area (Å²) < 4.78 is 7.73. The summed E-state index contributed by atoms with van der Waals surface area (Å²) in [5.41, 5.74) is 9.38. The Morgan fingerprint density at radius 1 is 1.35 bits per heavy atom. The van der Waals surface area contributed by atoms with Crippen LogP contribution in [0.5, 0.6) is 5.75 Å². The second kappa shape index (κ2) is 4.94. The normalized spacial score (nSPS) is 21.6. The Bertz CT molecular complexity index is 633. The molecule has 0 radical (unpaired) electrons. The maximum Gasteiger partial charge on any atom is 0.128 e. The molecule has 2 N–H and O–H groups in total. The van der Waals surface area contributed by atoms with Gasteiger partial charge in [-0.2, -0.15) is 0 Å². The number of fused-ring (bicyclic) bond motifs is 1. The van der Waals surface area contributed by atoms with Gasteiger partial charge in [-0.25, -0.2) is 4.98 Å². The first-order valence-electron chi connectivity index (χ1n) is 7.07. The van der Waals surface area contributed by atoms with Gasteiger partial charge in [-0.15, -0.1) is 0 Å². The van der Waals surface area contributed by atoms with E-state index >= 15 is 0 Å². The molecule has 4 nitrogen and oxygen atoms in total. The molecule has 2 atom stereocenters. The molecule has 2 aromatic rings. The molecule has 4 heteroatoms. The highest BCUT2D eigenvalue weighted by molar-refractivity contribution is 5.69. The Kier molecular flexibility index (Phi) is 3.26. The zero-order valence-corrected chi connectivity index (χ0v) is 12.3. The van der Waals surface area contributed by atoms with Crippen molar-refractivity contribution in [2.75, 3.05) is 7.11 Å². The van der Waals surface area contributed by atoms with Crippen LogP contribution < -0.4 is 10.5 Å². The average molecular weight is 271 g/mol. The number of imidazole rings is 1. The smallest absolute Gasteiger partial charge is 0.128 e. The van der Waals surface area contributed by atoms with Gasteiger partial charge in [0.05, 0.1) is 12.8 Å². The Labute approximate surface area is 119 Å². The summed E-state index contributed by atoms with van der Waals surface area (Å²) in [6.45, 7) is 5.17. The van der Waals surface area contributed by atoms with Gasteiger partial charge in [0.1, 0.15) is 11.6 Å². The fraction of sp³-hybridized carbons (Fsp3) is 0.438. The SMILES string of the molecule is COc1ccccc1-c1nc2n(c1C)CC(N)CC2C. The zero-order valence-electron chi connectivity index (χ0n) is 12.3. The van der Waals surface area contributed by atoms with Gasteiger partial charge in [0, 0.05) is 29.8 Å². The van der Waals surface area contributed by atoms with Crippen molar-refractivity contribution < 1.29 is 4.74 Å². The quantitative estimate of drug-likeness (QED) is 0.913. The lowest BCUT2D eigenvalue weighted by atomic mass is 9.98. The molecule has 1 aliphatic heterocycles. The van der Waals surface area contributed by atoms with E-state index in [1.54, 1.807) is 7.11 Å². The van der Waals surface area contributed by atoms with Gasteiger partial charge in [0.15, 0.2) is 0 Å². The standard InChI is InChI=1S/C16H21N3O/c1-10-8-12(17)9-19-11(2)15(18-16(10)19)13-6-4-5-7-14(13)20-3/h4-7,10,12H,8-9,17H2,1-3H3. The molecule has 106 valence electrons. The summed E-state index contributed by atoms with van der Waals surface area (Å²) >= 11 is 0. The minimum absolute atomic E-state index is 0.218. The highest BCUT2D eigenvalue weighted by atomic mass is 16.5. The first-order chi connectivity index (χ1) is 9.61. The first kappa shape index (κ1) is 13.2. The molecule has 0 amide bonds. The molecule has 0 fully saturated rings. The van der Waals surface area contributed by atoms with Crippen molar-refractivity contribution in [1.29, 1.82) is 0 Å². The van der Waals surface area contributed by atoms with E-state index in [0.29, 0.717) is 5.92 Å². The third-order valence-electron chi connectivity index (χ3n) is 4.13. The summed E-state index contributed by atoms with van der Waals surface area (Å²) in [5.74, 6) is 2.41. The molecule has 1 aromatic carbocycles. The highest BCUT2D eigenvalue weighted by Crippen LogP contribution is 2.35. The monoisotopic (exact) mass is 271 g/mol. The van der Waals surface area contributed by atoms with Gasteiger partial charge < -0.3 is 15.0 Å². The van der Waals surface area contributed by atoms with E-state index in [1.165, 1.54) is 5.69 Å². The molecule has 0 spiro atoms. The number of para-hydroxylation sites is 1. The Morgan fingerprint density at radius 3 is 2.85 bits per heavy atom. The number of ether oxygens (including phenoxy) is 1. The van der Waals surface area contributed by atoms with E-state index in [4.69, 9.17) is 15.5 Å². The van der Waals surface area contributed by atoms with Gasteiger partial charge in [-0.1, -0.05) is 19.1 Å². The van der Waals surface area contributed by atoms with E-state index in [-0.39, 0.29) is 6.04 Å². The maximum atomic E-state index is 6.14. The van der Waals surface area contributed by atoms with Crippen molar-refractivity contribution in [3.05, 3.63) is 35.8 Å². The zero-order chi connectivity index (χ0) is 14.3. The summed E-state index contributed by atoms with van der Waals surface area (Å²) in [7, 11) is 1.70. The third-order valence-corrected chi connectivity index (χ3v) is 4.13. The van der Waals surface area contributed by atoms with Gasteiger partial charge in [-0.05, 0) is 25.5 Å². The van der Waals surface area contributed by atoms with E-state index in [9.17, 15) is 0 Å². The van der Waals surface area contributed by atoms with Crippen LogP contribution in [-0.4, -0.2) is 22.7 Å². The summed E-state index contributed by atoms with van der Waals surface area (Å²) in [6, 6.07) is 8.25. The van der Waals surface area contributed by atoms with Crippen LogP contribution in [0.25, 0.3) is 11.3 Å². The van der Waals surface area contributed by atoms with E-state index in [0.717, 1.165) is 35.8 Å². The van der Waals surface area contributed by atoms with Crippen LogP contribution >= 0.6 is 0 Å². The molecule has 0 saturated heterocycles. The molecule has 1 aliphatic rings. The second-order valence-corrected chi connectivity index (χ2v) is 5.61. The van der Waals surface area contributed by atoms with Crippen LogP contribution in [-0.2, 0) is 6.54 Å². The largest absolute Gasteiger partial charge is 0.496 e. The fourth-order valence-corrected chi connectivity index (χ4v) is 3.13. The number of rotatable bonds is 2. The summed E-state index contributed by atoms with van der Waals surface area (Å²) in [4.78, 5) is 4.87. The van der Waals surface area contributed by atoms with Crippen molar-refractivity contribution in [2.24, 2.45) is 5.73 Å². The minimum atomic E-state index is 0.218. The Morgan fingerprint density at radius 2 is 2.10 bits per heavy atom. The average Bonchev–Trinajstić information content (AvgIpc) is 2.77. The van der Waals surface area contributed by atoms with Crippen molar-refractivity contribution >= 4 is 0 Å². The second-order valence-electron chi connectivity index (χ2n) is 5.61. The van der Waals surface area contributed by atoms with E-state index < -0.39 is 0 Å². The molecular formula is C16H21N3O. The molecule has 2 unspecified atom stereocenters. The molecule has 0 aliphatic carbocycles. The van der Waals surface area contributed by atoms with Crippen LogP contribution in [0.2, 0.25) is 0 Å². The Balaban J connectivity index is 2.15. The predicted molar refractivity (Wildman–Crippen MR) is 80.0 cm³/mol. The summed E-state index contributed by atoms with van der Waals surface area (Å²) in [5, 5.41) is 0. The molecule has 0 saturated carbocycles. The van der Waals surface area contributed by atoms with Crippen LogP contribution in [0.1, 0.15) is 30.8 Å². The predicted octanol–water partition coefficient (Wildman–Crippen LogP) is 2.70. The third kappa shape index (κ3) is 2.00. The van der Waals surface area contributed by atoms with Crippen LogP contribution in [0.3, 0.4) is 0 Å². The molecule has 2 heterocycles. The fourth-order valence-electron chi connectivity index (χ4n) is 3.13. The molecule has 1 aromatic heterocycles. The lowest BCUT2D eigenvalue weighted by Crippen LogP contribution is -2.34. The number of aromatic nitrogens is 2. The van der Waals surface area contributed by atoms with Crippen LogP contribution in [0.4, 0.5) is 0 Å². The van der Waals surface area contributed by atoms with Crippen molar-refractivity contribution in [2.45, 2.75) is 38.8 Å². The topological polar surface area (TPSA) is 53.1 Å². The van der Waals surface area contributed by atoms with Gasteiger partial charge in [0.2, 0.25) is 0 Å². The van der Waals surface area contributed by atoms with Crippen molar-refractivity contribution in [3.63, 3.8) is 0 Å². The first-order valence-corrected chi connectivity index (χ1v) is 7.07. The van der Waals surface area contributed by atoms with Crippen molar-refractivity contribution in [1.82, 2.24) is 9.55 Å². The minimum Gasteiger partial charge on any atom is -0.496 e. The molecule has 20 heavy (non-hydrogen) atoms. The molecule has 0 bridgehead atoms. The van der Waals surface area contributed by atoms with E-state index in [1.807, 2.05) is 18.2 Å². The number of benzene rings is 1.